The number of alkyl halides is 1. The predicted octanol–water partition coefficient (Wildman–Crippen LogP) is 4.76. The van der Waals surface area contributed by atoms with Gasteiger partial charge in [-0.3, -0.25) is 0 Å². The molecule has 0 spiro atoms. The number of hydrogen-bond acceptors (Lipinski definition) is 1. The highest BCUT2D eigenvalue weighted by atomic mass is 127. The first-order valence-corrected chi connectivity index (χ1v) is 8.08. The van der Waals surface area contributed by atoms with Crippen LogP contribution in [0.25, 0.3) is 0 Å². The molecule has 1 aromatic carbocycles. The smallest absolute Gasteiger partial charge is 0.0918 e. The largest absolute Gasteiger partial charge is 0.369 e. The number of rotatable bonds is 4. The second kappa shape index (κ2) is 6.74. The molecule has 17 heavy (non-hydrogen) atoms. The van der Waals surface area contributed by atoms with Gasteiger partial charge in [-0.15, -0.1) is 0 Å². The lowest BCUT2D eigenvalue weighted by Crippen LogP contribution is -2.24. The first kappa shape index (κ1) is 13.3. The number of halogens is 1. The molecule has 0 radical (unpaired) electrons. The lowest BCUT2D eigenvalue weighted by molar-refractivity contribution is -0.0283. The summed E-state index contributed by atoms with van der Waals surface area (Å²) in [5, 5.41) is 0. The molecule has 0 aliphatic heterocycles. The standard InChI is InChI=1S/C15H21IO/c1-12-6-5-9-14(10-12)17-15(11-16)13-7-3-2-4-8-13/h2-4,7-8,12,14-15H,5-6,9-11H2,1H3. The van der Waals surface area contributed by atoms with Crippen molar-refractivity contribution in [2.45, 2.75) is 44.8 Å². The fraction of sp³-hybridized carbons (Fsp3) is 0.600. The van der Waals surface area contributed by atoms with Crippen molar-refractivity contribution in [3.63, 3.8) is 0 Å². The molecule has 1 aliphatic carbocycles. The fourth-order valence-electron chi connectivity index (χ4n) is 2.61. The Morgan fingerprint density at radius 3 is 2.71 bits per heavy atom. The van der Waals surface area contributed by atoms with E-state index in [0.717, 1.165) is 10.3 Å². The Morgan fingerprint density at radius 2 is 2.06 bits per heavy atom. The average molecular weight is 344 g/mol. The maximum atomic E-state index is 6.29. The second-order valence-electron chi connectivity index (χ2n) is 5.08. The molecule has 1 aliphatic rings. The van der Waals surface area contributed by atoms with Crippen LogP contribution in [0.3, 0.4) is 0 Å². The Morgan fingerprint density at radius 1 is 1.29 bits per heavy atom. The molecule has 1 nitrogen and oxygen atoms in total. The fourth-order valence-corrected chi connectivity index (χ4v) is 3.32. The third-order valence-corrected chi connectivity index (χ3v) is 4.36. The van der Waals surface area contributed by atoms with Crippen molar-refractivity contribution in [1.29, 1.82) is 0 Å². The van der Waals surface area contributed by atoms with Gasteiger partial charge < -0.3 is 4.74 Å². The van der Waals surface area contributed by atoms with Crippen LogP contribution in [0.5, 0.6) is 0 Å². The quantitative estimate of drug-likeness (QED) is 0.565. The van der Waals surface area contributed by atoms with E-state index in [1.54, 1.807) is 0 Å². The van der Waals surface area contributed by atoms with Gasteiger partial charge in [0.15, 0.2) is 0 Å². The Balaban J connectivity index is 1.95. The van der Waals surface area contributed by atoms with Crippen molar-refractivity contribution in [2.24, 2.45) is 5.92 Å². The van der Waals surface area contributed by atoms with Crippen LogP contribution >= 0.6 is 22.6 Å². The molecule has 0 heterocycles. The highest BCUT2D eigenvalue weighted by Crippen LogP contribution is 2.30. The van der Waals surface area contributed by atoms with Gasteiger partial charge in [0.05, 0.1) is 12.2 Å². The normalized spacial score (nSPS) is 26.7. The van der Waals surface area contributed by atoms with Crippen LogP contribution in [-0.2, 0) is 4.74 Å². The molecule has 0 saturated heterocycles. The summed E-state index contributed by atoms with van der Waals surface area (Å²) in [6.45, 7) is 2.34. The van der Waals surface area contributed by atoms with E-state index in [9.17, 15) is 0 Å². The Bertz CT molecular complexity index is 325. The molecule has 1 saturated carbocycles. The summed E-state index contributed by atoms with van der Waals surface area (Å²) in [5.74, 6) is 0.833. The highest BCUT2D eigenvalue weighted by molar-refractivity contribution is 14.1. The molecule has 1 fully saturated rings. The molecule has 94 valence electrons. The van der Waals surface area contributed by atoms with Crippen LogP contribution in [0, 0.1) is 5.92 Å². The Hall–Kier alpha value is -0.0900. The summed E-state index contributed by atoms with van der Waals surface area (Å²) in [6, 6.07) is 10.6. The molecule has 3 atom stereocenters. The van der Waals surface area contributed by atoms with Crippen LogP contribution in [0.2, 0.25) is 0 Å². The van der Waals surface area contributed by atoms with Crippen molar-refractivity contribution in [3.8, 4) is 0 Å². The van der Waals surface area contributed by atoms with Crippen molar-refractivity contribution < 1.29 is 4.74 Å². The molecule has 0 N–H and O–H groups in total. The van der Waals surface area contributed by atoms with Crippen LogP contribution in [0.4, 0.5) is 0 Å². The first-order valence-electron chi connectivity index (χ1n) is 6.56. The van der Waals surface area contributed by atoms with Gasteiger partial charge >= 0.3 is 0 Å². The van der Waals surface area contributed by atoms with Gasteiger partial charge in [-0.1, -0.05) is 72.7 Å². The minimum absolute atomic E-state index is 0.270. The van der Waals surface area contributed by atoms with Gasteiger partial charge in [0.25, 0.3) is 0 Å². The summed E-state index contributed by atoms with van der Waals surface area (Å²) in [5.41, 5.74) is 1.32. The zero-order chi connectivity index (χ0) is 12.1. The molecule has 0 bridgehead atoms. The lowest BCUT2D eigenvalue weighted by atomic mass is 9.88. The summed E-state index contributed by atoms with van der Waals surface area (Å²) < 4.78 is 7.32. The summed E-state index contributed by atoms with van der Waals surface area (Å²) in [6.07, 6.45) is 5.92. The minimum Gasteiger partial charge on any atom is -0.369 e. The van der Waals surface area contributed by atoms with Crippen molar-refractivity contribution in [3.05, 3.63) is 35.9 Å². The van der Waals surface area contributed by atoms with Gasteiger partial charge in [-0.05, 0) is 24.3 Å². The maximum Gasteiger partial charge on any atom is 0.0918 e. The van der Waals surface area contributed by atoms with E-state index in [1.807, 2.05) is 0 Å². The number of ether oxygens (including phenoxy) is 1. The number of hydrogen-bond donors (Lipinski definition) is 0. The SMILES string of the molecule is CC1CCCC(OC(CI)c2ccccc2)C1. The highest BCUT2D eigenvalue weighted by Gasteiger charge is 2.22. The molecule has 1 aromatic rings. The monoisotopic (exact) mass is 344 g/mol. The van der Waals surface area contributed by atoms with Crippen LogP contribution in [-0.4, -0.2) is 10.5 Å². The molecular formula is C15H21IO. The summed E-state index contributed by atoms with van der Waals surface area (Å²) in [4.78, 5) is 0. The molecule has 3 unspecified atom stereocenters. The molecular weight excluding hydrogens is 323 g/mol. The van der Waals surface area contributed by atoms with Gasteiger partial charge in [0.2, 0.25) is 0 Å². The van der Waals surface area contributed by atoms with Crippen molar-refractivity contribution >= 4 is 22.6 Å². The van der Waals surface area contributed by atoms with Crippen LogP contribution in [0.15, 0.2) is 30.3 Å². The van der Waals surface area contributed by atoms with Gasteiger partial charge in [0.1, 0.15) is 0 Å². The predicted molar refractivity (Wildman–Crippen MR) is 80.6 cm³/mol. The van der Waals surface area contributed by atoms with Gasteiger partial charge in [-0.2, -0.15) is 0 Å². The summed E-state index contributed by atoms with van der Waals surface area (Å²) >= 11 is 2.43. The van der Waals surface area contributed by atoms with Crippen molar-refractivity contribution in [2.75, 3.05) is 4.43 Å². The molecule has 0 amide bonds. The van der Waals surface area contributed by atoms with E-state index in [0.29, 0.717) is 6.10 Å². The lowest BCUT2D eigenvalue weighted by Gasteiger charge is -2.30. The molecule has 0 aromatic heterocycles. The van der Waals surface area contributed by atoms with E-state index in [4.69, 9.17) is 4.74 Å². The third-order valence-electron chi connectivity index (χ3n) is 3.56. The summed E-state index contributed by atoms with van der Waals surface area (Å²) in [7, 11) is 0. The zero-order valence-corrected chi connectivity index (χ0v) is 12.6. The zero-order valence-electron chi connectivity index (χ0n) is 10.4. The Kier molecular flexibility index (Phi) is 5.29. The second-order valence-corrected chi connectivity index (χ2v) is 5.96. The topological polar surface area (TPSA) is 9.23 Å². The van der Waals surface area contributed by atoms with Gasteiger partial charge in [0, 0.05) is 4.43 Å². The number of benzene rings is 1. The van der Waals surface area contributed by atoms with E-state index >= 15 is 0 Å². The van der Waals surface area contributed by atoms with Gasteiger partial charge in [-0.25, -0.2) is 0 Å². The first-order chi connectivity index (χ1) is 8.29. The van der Waals surface area contributed by atoms with E-state index in [2.05, 4.69) is 59.8 Å². The molecule has 2 heteroatoms. The Labute approximate surface area is 118 Å². The van der Waals surface area contributed by atoms with E-state index in [-0.39, 0.29) is 6.10 Å². The van der Waals surface area contributed by atoms with E-state index in [1.165, 1.54) is 31.2 Å². The average Bonchev–Trinajstić information content (AvgIpc) is 2.37. The van der Waals surface area contributed by atoms with Crippen molar-refractivity contribution in [1.82, 2.24) is 0 Å². The maximum absolute atomic E-state index is 6.29. The van der Waals surface area contributed by atoms with E-state index < -0.39 is 0 Å². The van der Waals surface area contributed by atoms with Crippen LogP contribution in [0.1, 0.15) is 44.3 Å². The van der Waals surface area contributed by atoms with Crippen LogP contribution < -0.4 is 0 Å². The molecule has 2 rings (SSSR count). The third kappa shape index (κ3) is 3.95. The minimum atomic E-state index is 0.270.